The van der Waals surface area contributed by atoms with Gasteiger partial charge in [-0.05, 0) is 30.7 Å². The van der Waals surface area contributed by atoms with Gasteiger partial charge in [0.2, 0.25) is 0 Å². The Labute approximate surface area is 106 Å². The van der Waals surface area contributed by atoms with Crippen LogP contribution in [0.3, 0.4) is 0 Å². The van der Waals surface area contributed by atoms with Crippen LogP contribution in [0, 0.1) is 12.3 Å². The third-order valence-electron chi connectivity index (χ3n) is 2.46. The number of carbonyl (C=O) groups excluding carboxylic acids is 1. The van der Waals surface area contributed by atoms with Gasteiger partial charge >= 0.3 is 5.97 Å². The Balaban J connectivity index is 3.08. The molecule has 0 bridgehead atoms. The van der Waals surface area contributed by atoms with E-state index >= 15 is 0 Å². The number of phenolic OH excluding ortho intramolecular Hbond substituents is 1. The molecular formula is C15H14O3. The van der Waals surface area contributed by atoms with Crippen LogP contribution in [0.15, 0.2) is 37.4 Å². The van der Waals surface area contributed by atoms with Crippen LogP contribution in [-0.2, 0) is 4.74 Å². The van der Waals surface area contributed by atoms with Crippen molar-refractivity contribution in [2.24, 2.45) is 0 Å². The maximum atomic E-state index is 11.9. The largest absolute Gasteiger partial charge is 0.507 e. The summed E-state index contributed by atoms with van der Waals surface area (Å²) in [5, 5.41) is 9.63. The number of hydrogen-bond acceptors (Lipinski definition) is 3. The molecule has 0 aliphatic rings. The van der Waals surface area contributed by atoms with E-state index in [0.717, 1.165) is 0 Å². The number of esters is 1. The summed E-state index contributed by atoms with van der Waals surface area (Å²) in [7, 11) is 0. The van der Waals surface area contributed by atoms with Crippen molar-refractivity contribution >= 4 is 12.0 Å². The van der Waals surface area contributed by atoms with Crippen LogP contribution in [0.4, 0.5) is 0 Å². The van der Waals surface area contributed by atoms with Crippen molar-refractivity contribution in [2.75, 3.05) is 0 Å². The van der Waals surface area contributed by atoms with Crippen LogP contribution >= 0.6 is 0 Å². The Bertz CT molecular complexity index is 537. The predicted molar refractivity (Wildman–Crippen MR) is 71.0 cm³/mol. The Morgan fingerprint density at radius 1 is 1.56 bits per heavy atom. The van der Waals surface area contributed by atoms with Gasteiger partial charge in [-0.2, -0.15) is 0 Å². The molecular weight excluding hydrogens is 228 g/mol. The number of rotatable bonds is 4. The van der Waals surface area contributed by atoms with Crippen molar-refractivity contribution in [3.63, 3.8) is 0 Å². The Morgan fingerprint density at radius 3 is 2.72 bits per heavy atom. The molecule has 3 heteroatoms. The van der Waals surface area contributed by atoms with Crippen LogP contribution in [0.5, 0.6) is 5.75 Å². The summed E-state index contributed by atoms with van der Waals surface area (Å²) in [6.45, 7) is 8.63. The zero-order valence-corrected chi connectivity index (χ0v) is 10.1. The lowest BCUT2D eigenvalue weighted by molar-refractivity contribution is 0.0281. The summed E-state index contributed by atoms with van der Waals surface area (Å²) < 4.78 is 5.12. The van der Waals surface area contributed by atoms with E-state index in [1.165, 1.54) is 25.1 Å². The van der Waals surface area contributed by atoms with Crippen molar-refractivity contribution in [3.05, 3.63) is 48.6 Å². The number of aromatic hydroxyl groups is 1. The van der Waals surface area contributed by atoms with Gasteiger partial charge in [0, 0.05) is 0 Å². The molecule has 0 aromatic heterocycles. The number of ether oxygens (including phenoxy) is 1. The smallest absolute Gasteiger partial charge is 0.343 e. The van der Waals surface area contributed by atoms with Gasteiger partial charge in [-0.15, -0.1) is 6.42 Å². The molecule has 1 rings (SSSR count). The average molecular weight is 242 g/mol. The molecule has 0 spiro atoms. The average Bonchev–Trinajstić information content (AvgIpc) is 2.39. The van der Waals surface area contributed by atoms with Crippen LogP contribution in [-0.4, -0.2) is 16.7 Å². The highest BCUT2D eigenvalue weighted by Gasteiger charge is 2.24. The van der Waals surface area contributed by atoms with Gasteiger partial charge in [0.15, 0.2) is 5.60 Å². The van der Waals surface area contributed by atoms with E-state index in [2.05, 4.69) is 19.1 Å². The second-order valence-corrected chi connectivity index (χ2v) is 3.83. The van der Waals surface area contributed by atoms with Crippen molar-refractivity contribution < 1.29 is 14.6 Å². The van der Waals surface area contributed by atoms with Crippen molar-refractivity contribution in [1.29, 1.82) is 0 Å². The first-order valence-corrected chi connectivity index (χ1v) is 5.26. The molecule has 1 N–H and O–H groups in total. The molecule has 92 valence electrons. The molecule has 0 radical (unpaired) electrons. The fraction of sp³-hybridized carbons (Fsp3) is 0.133. The number of benzene rings is 1. The monoisotopic (exact) mass is 242 g/mol. The minimum Gasteiger partial charge on any atom is -0.507 e. The van der Waals surface area contributed by atoms with Crippen LogP contribution in [0.2, 0.25) is 0 Å². The standard InChI is InChI=1S/C15H14O3/c1-5-11-8-9-13(16)12(10-11)14(17)18-15(4,6-2)7-3/h2,5,7-10,16H,1,3H2,4H3. The van der Waals surface area contributed by atoms with E-state index in [9.17, 15) is 9.90 Å². The van der Waals surface area contributed by atoms with Gasteiger partial charge in [0.25, 0.3) is 0 Å². The van der Waals surface area contributed by atoms with Gasteiger partial charge in [0.05, 0.1) is 0 Å². The fourth-order valence-electron chi connectivity index (χ4n) is 1.22. The summed E-state index contributed by atoms with van der Waals surface area (Å²) in [5.74, 6) is 1.43. The molecule has 0 aliphatic carbocycles. The zero-order chi connectivity index (χ0) is 13.8. The summed E-state index contributed by atoms with van der Waals surface area (Å²) in [5.41, 5.74) is -0.468. The molecule has 0 fully saturated rings. The van der Waals surface area contributed by atoms with Gasteiger partial charge in [-0.3, -0.25) is 0 Å². The number of phenols is 1. The van der Waals surface area contributed by atoms with E-state index in [1.807, 2.05) is 0 Å². The molecule has 0 heterocycles. The van der Waals surface area contributed by atoms with Crippen molar-refractivity contribution in [2.45, 2.75) is 12.5 Å². The summed E-state index contributed by atoms with van der Waals surface area (Å²) in [4.78, 5) is 11.9. The first-order valence-electron chi connectivity index (χ1n) is 5.26. The Hall–Kier alpha value is -2.47. The number of hydrogen-bond donors (Lipinski definition) is 1. The lowest BCUT2D eigenvalue weighted by Crippen LogP contribution is -2.27. The van der Waals surface area contributed by atoms with Crippen LogP contribution in [0.25, 0.3) is 6.08 Å². The zero-order valence-electron chi connectivity index (χ0n) is 10.1. The van der Waals surface area contributed by atoms with E-state index < -0.39 is 11.6 Å². The number of carbonyl (C=O) groups is 1. The topological polar surface area (TPSA) is 46.5 Å². The van der Waals surface area contributed by atoms with Gasteiger partial charge < -0.3 is 9.84 Å². The third-order valence-corrected chi connectivity index (χ3v) is 2.46. The minimum atomic E-state index is -1.20. The Morgan fingerprint density at radius 2 is 2.22 bits per heavy atom. The summed E-state index contributed by atoms with van der Waals surface area (Å²) >= 11 is 0. The number of terminal acetylenes is 1. The SMILES string of the molecule is C#CC(C)(C=C)OC(=O)c1cc(C=C)ccc1O. The molecule has 0 saturated heterocycles. The highest BCUT2D eigenvalue weighted by atomic mass is 16.6. The molecule has 3 nitrogen and oxygen atoms in total. The van der Waals surface area contributed by atoms with Crippen molar-refractivity contribution in [3.8, 4) is 18.1 Å². The molecule has 1 unspecified atom stereocenters. The normalized spacial score (nSPS) is 12.9. The third kappa shape index (κ3) is 2.80. The molecule has 1 atom stereocenters. The van der Waals surface area contributed by atoms with Gasteiger partial charge in [-0.25, -0.2) is 4.79 Å². The molecule has 1 aromatic carbocycles. The van der Waals surface area contributed by atoms with E-state index in [-0.39, 0.29) is 11.3 Å². The van der Waals surface area contributed by atoms with Crippen LogP contribution < -0.4 is 0 Å². The van der Waals surface area contributed by atoms with E-state index in [4.69, 9.17) is 11.2 Å². The minimum absolute atomic E-state index is 0.0377. The van der Waals surface area contributed by atoms with Crippen molar-refractivity contribution in [1.82, 2.24) is 0 Å². The highest BCUT2D eigenvalue weighted by molar-refractivity contribution is 5.93. The summed E-state index contributed by atoms with van der Waals surface area (Å²) in [6.07, 6.45) is 8.17. The maximum Gasteiger partial charge on any atom is 0.343 e. The maximum absolute atomic E-state index is 11.9. The molecule has 1 aromatic rings. The first-order chi connectivity index (χ1) is 8.45. The van der Waals surface area contributed by atoms with Gasteiger partial charge in [0.1, 0.15) is 11.3 Å². The molecule has 0 amide bonds. The fourth-order valence-corrected chi connectivity index (χ4v) is 1.22. The lowest BCUT2D eigenvalue weighted by atomic mass is 10.1. The predicted octanol–water partition coefficient (Wildman–Crippen LogP) is 2.77. The van der Waals surface area contributed by atoms with Gasteiger partial charge in [-0.1, -0.05) is 31.2 Å². The molecule has 0 aliphatic heterocycles. The first kappa shape index (κ1) is 13.6. The molecule has 18 heavy (non-hydrogen) atoms. The quantitative estimate of drug-likeness (QED) is 0.501. The highest BCUT2D eigenvalue weighted by Crippen LogP contribution is 2.22. The van der Waals surface area contributed by atoms with E-state index in [0.29, 0.717) is 5.56 Å². The lowest BCUT2D eigenvalue weighted by Gasteiger charge is -2.19. The van der Waals surface area contributed by atoms with E-state index in [1.54, 1.807) is 12.1 Å². The second kappa shape index (κ2) is 5.24. The molecule has 0 saturated carbocycles. The Kier molecular flexibility index (Phi) is 3.96. The second-order valence-electron chi connectivity index (χ2n) is 3.83. The summed E-state index contributed by atoms with van der Waals surface area (Å²) in [6, 6.07) is 4.51. The van der Waals surface area contributed by atoms with Crippen LogP contribution in [0.1, 0.15) is 22.8 Å².